The van der Waals surface area contributed by atoms with Gasteiger partial charge in [-0.25, -0.2) is 4.68 Å². The number of pyridine rings is 1. The molecule has 3 N–H and O–H groups in total. The Morgan fingerprint density at radius 2 is 1.90 bits per heavy atom. The molecule has 3 heterocycles. The second-order valence-corrected chi connectivity index (χ2v) is 8.06. The van der Waals surface area contributed by atoms with Crippen molar-refractivity contribution in [2.45, 2.75) is 6.54 Å². The summed E-state index contributed by atoms with van der Waals surface area (Å²) in [6.45, 7) is -0.00402. The molecular weight excluding hydrogens is 438 g/mol. The van der Waals surface area contributed by atoms with E-state index in [2.05, 4.69) is 20.1 Å². The highest BCUT2D eigenvalue weighted by molar-refractivity contribution is 7.85. The Bertz CT molecular complexity index is 1520. The lowest BCUT2D eigenvalue weighted by atomic mass is 10.1. The van der Waals surface area contributed by atoms with Gasteiger partial charge in [0.1, 0.15) is 10.9 Å². The van der Waals surface area contributed by atoms with Crippen molar-refractivity contribution in [2.24, 2.45) is 0 Å². The molecule has 0 bridgehead atoms. The predicted molar refractivity (Wildman–Crippen MR) is 111 cm³/mol. The summed E-state index contributed by atoms with van der Waals surface area (Å²) in [6.07, 6.45) is 5.16. The van der Waals surface area contributed by atoms with Gasteiger partial charge >= 0.3 is 0 Å². The molecule has 11 nitrogen and oxygen atoms in total. The summed E-state index contributed by atoms with van der Waals surface area (Å²) in [7, 11) is -3.67. The first kappa shape index (κ1) is 21.4. The number of hydrogen-bond acceptors (Lipinski definition) is 7. The highest BCUT2D eigenvalue weighted by Gasteiger charge is 2.15. The molecule has 0 amide bonds. The van der Waals surface area contributed by atoms with Gasteiger partial charge < -0.3 is 4.98 Å². The topological polar surface area (TPSA) is 168 Å². The minimum absolute atomic E-state index is 0.00402. The van der Waals surface area contributed by atoms with Crippen LogP contribution in [-0.4, -0.2) is 44.0 Å². The molecule has 0 atom stereocenters. The number of nitrogens with one attached hydrogen (secondary N) is 2. The van der Waals surface area contributed by atoms with Crippen molar-refractivity contribution in [3.05, 3.63) is 78.4 Å². The molecule has 0 unspecified atom stereocenters. The normalized spacial score (nSPS) is 11.3. The molecule has 0 saturated heterocycles. The van der Waals surface area contributed by atoms with Crippen molar-refractivity contribution in [1.82, 2.24) is 24.7 Å². The van der Waals surface area contributed by atoms with Crippen molar-refractivity contribution in [3.63, 3.8) is 0 Å². The summed E-state index contributed by atoms with van der Waals surface area (Å²) >= 11 is 5.92. The van der Waals surface area contributed by atoms with Crippen LogP contribution in [0.25, 0.3) is 21.8 Å². The van der Waals surface area contributed by atoms with Crippen LogP contribution in [0.3, 0.4) is 0 Å². The highest BCUT2D eigenvalue weighted by Crippen LogP contribution is 2.16. The van der Waals surface area contributed by atoms with E-state index in [-0.39, 0.29) is 22.8 Å². The van der Waals surface area contributed by atoms with E-state index >= 15 is 0 Å². The molecule has 0 radical (unpaired) electrons. The van der Waals surface area contributed by atoms with Crippen molar-refractivity contribution in [3.8, 4) is 0 Å². The molecule has 4 aromatic rings. The van der Waals surface area contributed by atoms with E-state index in [1.807, 2.05) is 0 Å². The number of benzene rings is 1. The first-order valence-corrected chi connectivity index (χ1v) is 10.4. The zero-order valence-electron chi connectivity index (χ0n) is 15.3. The average Bonchev–Trinajstić information content (AvgIpc) is 2.65. The van der Waals surface area contributed by atoms with E-state index < -0.39 is 26.7 Å². The second-order valence-electron chi connectivity index (χ2n) is 6.16. The van der Waals surface area contributed by atoms with Crippen LogP contribution in [-0.2, 0) is 16.7 Å². The zero-order valence-corrected chi connectivity index (χ0v) is 16.9. The maximum atomic E-state index is 12.7. The number of aromatic amines is 2. The summed E-state index contributed by atoms with van der Waals surface area (Å²) in [5.41, 5.74) is -0.939. The molecule has 0 spiro atoms. The number of halogens is 1. The molecule has 13 heteroatoms. The van der Waals surface area contributed by atoms with Crippen LogP contribution in [0.1, 0.15) is 5.69 Å². The lowest BCUT2D eigenvalue weighted by Crippen LogP contribution is -2.34. The van der Waals surface area contributed by atoms with Crippen molar-refractivity contribution < 1.29 is 13.0 Å². The van der Waals surface area contributed by atoms with Gasteiger partial charge in [0.25, 0.3) is 21.2 Å². The van der Waals surface area contributed by atoms with Gasteiger partial charge in [0.05, 0.1) is 30.2 Å². The van der Waals surface area contributed by atoms with Gasteiger partial charge in [-0.2, -0.15) is 8.42 Å². The zero-order chi connectivity index (χ0) is 22.1. The third-order valence-electron chi connectivity index (χ3n) is 3.82. The summed E-state index contributed by atoms with van der Waals surface area (Å²) < 4.78 is 26.9. The highest BCUT2D eigenvalue weighted by atomic mass is 35.5. The number of rotatable bonds is 2. The van der Waals surface area contributed by atoms with Crippen molar-refractivity contribution in [1.29, 1.82) is 0 Å². The van der Waals surface area contributed by atoms with Gasteiger partial charge in [-0.05, 0) is 18.2 Å². The molecule has 0 aliphatic heterocycles. The van der Waals surface area contributed by atoms with E-state index in [1.165, 1.54) is 30.7 Å². The molecule has 0 aliphatic rings. The monoisotopic (exact) mass is 451 g/mol. The maximum Gasteiger partial charge on any atom is 0.287 e. The van der Waals surface area contributed by atoms with Crippen LogP contribution >= 0.6 is 11.6 Å². The third kappa shape index (κ3) is 4.79. The SMILES string of the molecule is CS(=O)(=O)O.O=c1[nH]n(Cc2cnccn2)c(=O)c2c(=O)c3ccc(Cl)cc3[nH]c12. The van der Waals surface area contributed by atoms with Gasteiger partial charge in [0, 0.05) is 22.8 Å². The fourth-order valence-corrected chi connectivity index (χ4v) is 2.86. The van der Waals surface area contributed by atoms with Crippen LogP contribution in [0.4, 0.5) is 0 Å². The molecule has 0 fully saturated rings. The molecule has 0 saturated carbocycles. The number of aromatic nitrogens is 5. The Morgan fingerprint density at radius 3 is 2.53 bits per heavy atom. The Kier molecular flexibility index (Phi) is 5.82. The fraction of sp³-hybridized carbons (Fsp3) is 0.118. The van der Waals surface area contributed by atoms with E-state index in [4.69, 9.17) is 16.2 Å². The predicted octanol–water partition coefficient (Wildman–Crippen LogP) is 0.527. The largest absolute Gasteiger partial charge is 0.350 e. The van der Waals surface area contributed by atoms with Crippen LogP contribution in [0.15, 0.2) is 51.2 Å². The number of nitrogens with zero attached hydrogens (tertiary/aromatic N) is 3. The van der Waals surface area contributed by atoms with Crippen molar-refractivity contribution >= 4 is 43.5 Å². The van der Waals surface area contributed by atoms with Crippen molar-refractivity contribution in [2.75, 3.05) is 6.26 Å². The minimum Gasteiger partial charge on any atom is -0.350 e. The van der Waals surface area contributed by atoms with E-state index in [1.54, 1.807) is 6.07 Å². The summed E-state index contributed by atoms with van der Waals surface area (Å²) in [6, 6.07) is 4.60. The van der Waals surface area contributed by atoms with E-state index in [0.29, 0.717) is 22.5 Å². The van der Waals surface area contributed by atoms with Crippen LogP contribution in [0, 0.1) is 0 Å². The van der Waals surface area contributed by atoms with E-state index in [0.717, 1.165) is 4.68 Å². The van der Waals surface area contributed by atoms with Crippen LogP contribution in [0.2, 0.25) is 5.02 Å². The Labute approximate surface area is 172 Å². The Hall–Kier alpha value is -3.35. The molecule has 4 rings (SSSR count). The van der Waals surface area contributed by atoms with Gasteiger partial charge in [0.15, 0.2) is 0 Å². The standard InChI is InChI=1S/C16H10ClN5O3.CH4O3S/c17-8-1-2-10-11(5-8)20-13-12(14(10)23)16(25)22(21-15(13)24)7-9-6-18-3-4-19-9;1-5(2,3)4/h1-6H,7H2,(H,20,23)(H,21,24);1H3,(H,2,3,4). The maximum absolute atomic E-state index is 12.7. The molecule has 30 heavy (non-hydrogen) atoms. The quantitative estimate of drug-likeness (QED) is 0.293. The molecule has 156 valence electrons. The smallest absolute Gasteiger partial charge is 0.287 e. The van der Waals surface area contributed by atoms with E-state index in [9.17, 15) is 22.8 Å². The summed E-state index contributed by atoms with van der Waals surface area (Å²) in [5.74, 6) is 0. The Morgan fingerprint density at radius 1 is 1.20 bits per heavy atom. The number of fused-ring (bicyclic) bond motifs is 2. The lowest BCUT2D eigenvalue weighted by Gasteiger charge is -2.07. The van der Waals surface area contributed by atoms with Gasteiger partial charge in [-0.15, -0.1) is 0 Å². The minimum atomic E-state index is -3.67. The molecule has 0 aliphatic carbocycles. The number of H-pyrrole nitrogens is 2. The van der Waals surface area contributed by atoms with Crippen LogP contribution in [0.5, 0.6) is 0 Å². The lowest BCUT2D eigenvalue weighted by molar-refractivity contribution is 0.490. The summed E-state index contributed by atoms with van der Waals surface area (Å²) in [5, 5.41) is 2.94. The van der Waals surface area contributed by atoms with Gasteiger partial charge in [-0.3, -0.25) is 34.0 Å². The molecule has 3 aromatic heterocycles. The van der Waals surface area contributed by atoms with Gasteiger partial charge in [-0.1, -0.05) is 11.6 Å². The fourth-order valence-electron chi connectivity index (χ4n) is 2.69. The molecular formula is C17H14ClN5O6S. The third-order valence-corrected chi connectivity index (χ3v) is 4.06. The summed E-state index contributed by atoms with van der Waals surface area (Å²) in [4.78, 5) is 48.6. The molecule has 1 aromatic carbocycles. The second kappa shape index (κ2) is 8.18. The first-order valence-electron chi connectivity index (χ1n) is 8.20. The average molecular weight is 452 g/mol. The van der Waals surface area contributed by atoms with Gasteiger partial charge in [0.2, 0.25) is 5.43 Å². The Balaban J connectivity index is 0.000000461. The first-order chi connectivity index (χ1) is 14.0. The van der Waals surface area contributed by atoms with Crippen LogP contribution < -0.4 is 16.5 Å². The number of hydrogen-bond donors (Lipinski definition) is 3.